The number of hydrogen-bond acceptors (Lipinski definition) is 4. The number of sulfonamides is 1. The quantitative estimate of drug-likeness (QED) is 0.802. The molecule has 0 aliphatic rings. The molecule has 0 heterocycles. The van der Waals surface area contributed by atoms with Crippen LogP contribution in [0.1, 0.15) is 11.1 Å². The summed E-state index contributed by atoms with van der Waals surface area (Å²) in [4.78, 5) is 0. The SMILES string of the molecule is Cc1ccc(C#N)cc1NS(=O)(=O)CCN. The number of nitrogens with zero attached hydrogens (tertiary/aromatic N) is 1. The Balaban J connectivity index is 3.02. The summed E-state index contributed by atoms with van der Waals surface area (Å²) < 4.78 is 25.4. The van der Waals surface area contributed by atoms with Gasteiger partial charge in [0.2, 0.25) is 10.0 Å². The van der Waals surface area contributed by atoms with E-state index in [1.54, 1.807) is 19.1 Å². The second-order valence-corrected chi connectivity index (χ2v) is 5.19. The fraction of sp³-hybridized carbons (Fsp3) is 0.300. The van der Waals surface area contributed by atoms with Gasteiger partial charge in [-0.25, -0.2) is 8.42 Å². The van der Waals surface area contributed by atoms with Crippen molar-refractivity contribution in [3.05, 3.63) is 29.3 Å². The molecule has 0 unspecified atom stereocenters. The largest absolute Gasteiger partial charge is 0.329 e. The molecule has 1 aromatic rings. The zero-order chi connectivity index (χ0) is 12.2. The van der Waals surface area contributed by atoms with Crippen LogP contribution >= 0.6 is 0 Å². The van der Waals surface area contributed by atoms with Crippen LogP contribution in [0.5, 0.6) is 0 Å². The van der Waals surface area contributed by atoms with Crippen LogP contribution in [0.25, 0.3) is 0 Å². The molecule has 0 aliphatic carbocycles. The first-order valence-electron chi connectivity index (χ1n) is 4.70. The van der Waals surface area contributed by atoms with Gasteiger partial charge in [0.05, 0.1) is 23.1 Å². The molecule has 0 amide bonds. The van der Waals surface area contributed by atoms with Crippen LogP contribution in [-0.2, 0) is 10.0 Å². The van der Waals surface area contributed by atoms with Crippen molar-refractivity contribution in [2.45, 2.75) is 6.92 Å². The highest BCUT2D eigenvalue weighted by Crippen LogP contribution is 2.17. The van der Waals surface area contributed by atoms with Crippen LogP contribution in [-0.4, -0.2) is 20.7 Å². The molecule has 3 N–H and O–H groups in total. The van der Waals surface area contributed by atoms with E-state index in [1.807, 2.05) is 6.07 Å². The van der Waals surface area contributed by atoms with Gasteiger partial charge in [0.1, 0.15) is 0 Å². The van der Waals surface area contributed by atoms with Crippen molar-refractivity contribution in [1.29, 1.82) is 5.26 Å². The normalized spacial score (nSPS) is 10.8. The molecule has 0 saturated heterocycles. The third kappa shape index (κ3) is 3.22. The molecule has 1 aromatic carbocycles. The number of rotatable bonds is 4. The van der Waals surface area contributed by atoms with Gasteiger partial charge >= 0.3 is 0 Å². The van der Waals surface area contributed by atoms with Crippen LogP contribution in [0.4, 0.5) is 5.69 Å². The van der Waals surface area contributed by atoms with Gasteiger partial charge in [-0.05, 0) is 24.6 Å². The zero-order valence-electron chi connectivity index (χ0n) is 8.90. The number of benzene rings is 1. The molecule has 86 valence electrons. The van der Waals surface area contributed by atoms with E-state index in [0.29, 0.717) is 11.3 Å². The Morgan fingerprint density at radius 2 is 2.19 bits per heavy atom. The molecular formula is C10H13N3O2S. The molecule has 0 aliphatic heterocycles. The molecule has 0 fully saturated rings. The Morgan fingerprint density at radius 3 is 2.75 bits per heavy atom. The minimum Gasteiger partial charge on any atom is -0.329 e. The van der Waals surface area contributed by atoms with Gasteiger partial charge in [-0.1, -0.05) is 6.07 Å². The van der Waals surface area contributed by atoms with E-state index in [0.717, 1.165) is 5.56 Å². The lowest BCUT2D eigenvalue weighted by atomic mass is 10.1. The summed E-state index contributed by atoms with van der Waals surface area (Å²) in [5.74, 6) is -0.136. The topological polar surface area (TPSA) is 96.0 Å². The highest BCUT2D eigenvalue weighted by Gasteiger charge is 2.10. The third-order valence-electron chi connectivity index (χ3n) is 2.02. The summed E-state index contributed by atoms with van der Waals surface area (Å²) in [6.45, 7) is 1.83. The lowest BCUT2D eigenvalue weighted by Gasteiger charge is -2.09. The highest BCUT2D eigenvalue weighted by atomic mass is 32.2. The number of anilines is 1. The summed E-state index contributed by atoms with van der Waals surface area (Å²) in [7, 11) is -3.42. The van der Waals surface area contributed by atoms with Crippen LogP contribution in [0, 0.1) is 18.3 Å². The van der Waals surface area contributed by atoms with Crippen molar-refractivity contribution in [2.75, 3.05) is 17.0 Å². The molecule has 0 aromatic heterocycles. The van der Waals surface area contributed by atoms with Crippen molar-refractivity contribution < 1.29 is 8.42 Å². The Kier molecular flexibility index (Phi) is 3.88. The van der Waals surface area contributed by atoms with E-state index in [4.69, 9.17) is 11.0 Å². The minimum atomic E-state index is -3.42. The predicted molar refractivity (Wildman–Crippen MR) is 62.4 cm³/mol. The first-order valence-corrected chi connectivity index (χ1v) is 6.35. The van der Waals surface area contributed by atoms with Crippen molar-refractivity contribution in [1.82, 2.24) is 0 Å². The smallest absolute Gasteiger partial charge is 0.233 e. The average molecular weight is 239 g/mol. The van der Waals surface area contributed by atoms with Gasteiger partial charge in [0, 0.05) is 6.54 Å². The van der Waals surface area contributed by atoms with E-state index < -0.39 is 10.0 Å². The third-order valence-corrected chi connectivity index (χ3v) is 3.32. The monoisotopic (exact) mass is 239 g/mol. The van der Waals surface area contributed by atoms with Gasteiger partial charge in [-0.15, -0.1) is 0 Å². The molecule has 0 saturated carbocycles. The molecule has 0 bridgehead atoms. The molecular weight excluding hydrogens is 226 g/mol. The van der Waals surface area contributed by atoms with Crippen molar-refractivity contribution in [3.8, 4) is 6.07 Å². The first kappa shape index (κ1) is 12.5. The number of aryl methyl sites for hydroxylation is 1. The minimum absolute atomic E-state index is 0.0618. The number of nitrogens with two attached hydrogens (primary N) is 1. The van der Waals surface area contributed by atoms with Gasteiger partial charge in [0.15, 0.2) is 0 Å². The van der Waals surface area contributed by atoms with Crippen LogP contribution in [0.3, 0.4) is 0 Å². The molecule has 5 nitrogen and oxygen atoms in total. The Hall–Kier alpha value is -1.58. The maximum Gasteiger partial charge on any atom is 0.233 e. The molecule has 0 radical (unpaired) electrons. The maximum atomic E-state index is 11.5. The second kappa shape index (κ2) is 4.96. The van der Waals surface area contributed by atoms with Crippen LogP contribution < -0.4 is 10.5 Å². The number of hydrogen-bond donors (Lipinski definition) is 2. The average Bonchev–Trinajstić information content (AvgIpc) is 2.21. The van der Waals surface area contributed by atoms with Gasteiger partial charge < -0.3 is 5.73 Å². The van der Waals surface area contributed by atoms with Gasteiger partial charge in [0.25, 0.3) is 0 Å². The van der Waals surface area contributed by atoms with E-state index in [2.05, 4.69) is 4.72 Å². The summed E-state index contributed by atoms with van der Waals surface area (Å²) in [5, 5.41) is 8.71. The summed E-state index contributed by atoms with van der Waals surface area (Å²) >= 11 is 0. The molecule has 0 atom stereocenters. The lowest BCUT2D eigenvalue weighted by molar-refractivity contribution is 0.601. The Labute approximate surface area is 94.9 Å². The summed E-state index contributed by atoms with van der Waals surface area (Å²) in [6, 6.07) is 6.78. The van der Waals surface area contributed by atoms with Crippen LogP contribution in [0.2, 0.25) is 0 Å². The van der Waals surface area contributed by atoms with Crippen molar-refractivity contribution in [3.63, 3.8) is 0 Å². The van der Waals surface area contributed by atoms with Crippen LogP contribution in [0.15, 0.2) is 18.2 Å². The van der Waals surface area contributed by atoms with E-state index in [-0.39, 0.29) is 12.3 Å². The second-order valence-electron chi connectivity index (χ2n) is 3.35. The molecule has 0 spiro atoms. The predicted octanol–water partition coefficient (Wildman–Crippen LogP) is 0.567. The summed E-state index contributed by atoms with van der Waals surface area (Å²) in [5.41, 5.74) is 6.79. The fourth-order valence-corrected chi connectivity index (χ4v) is 2.14. The highest BCUT2D eigenvalue weighted by molar-refractivity contribution is 7.92. The fourth-order valence-electron chi connectivity index (χ4n) is 1.18. The number of nitriles is 1. The van der Waals surface area contributed by atoms with E-state index in [1.165, 1.54) is 6.07 Å². The van der Waals surface area contributed by atoms with E-state index >= 15 is 0 Å². The zero-order valence-corrected chi connectivity index (χ0v) is 9.71. The lowest BCUT2D eigenvalue weighted by Crippen LogP contribution is -2.22. The van der Waals surface area contributed by atoms with E-state index in [9.17, 15) is 8.42 Å². The van der Waals surface area contributed by atoms with Gasteiger partial charge in [-0.2, -0.15) is 5.26 Å². The van der Waals surface area contributed by atoms with Crippen molar-refractivity contribution >= 4 is 15.7 Å². The Morgan fingerprint density at radius 1 is 1.50 bits per heavy atom. The maximum absolute atomic E-state index is 11.5. The standard InChI is InChI=1S/C10H13N3O2S/c1-8-2-3-9(7-12)6-10(8)13-16(14,15)5-4-11/h2-3,6,13H,4-5,11H2,1H3. The molecule has 6 heteroatoms. The Bertz CT molecular complexity index is 517. The first-order chi connectivity index (χ1) is 7.48. The van der Waals surface area contributed by atoms with Crippen molar-refractivity contribution in [2.24, 2.45) is 5.73 Å². The summed E-state index contributed by atoms with van der Waals surface area (Å²) in [6.07, 6.45) is 0. The molecule has 16 heavy (non-hydrogen) atoms. The van der Waals surface area contributed by atoms with Gasteiger partial charge in [-0.3, -0.25) is 4.72 Å². The molecule has 1 rings (SSSR count). The number of nitrogens with one attached hydrogen (secondary N) is 1.